The number of carbonyl (C=O) groups excluding carboxylic acids is 4. The summed E-state index contributed by atoms with van der Waals surface area (Å²) in [5, 5.41) is 214. The van der Waals surface area contributed by atoms with Crippen molar-refractivity contribution in [1.82, 2.24) is 0 Å². The number of carbonyl (C=O) groups is 4. The van der Waals surface area contributed by atoms with E-state index in [4.69, 9.17) is 102 Å². The Kier molecular flexibility index (Phi) is 39.6. The van der Waals surface area contributed by atoms with E-state index in [1.165, 1.54) is 0 Å². The summed E-state index contributed by atoms with van der Waals surface area (Å²) >= 11 is 0. The molecule has 0 saturated carbocycles. The molecule has 321 valence electrons. The van der Waals surface area contributed by atoms with Crippen LogP contribution in [0.1, 0.15) is 0 Å². The Balaban J connectivity index is -0.000000140. The summed E-state index contributed by atoms with van der Waals surface area (Å²) in [6, 6.07) is 0. The van der Waals surface area contributed by atoms with Crippen LogP contribution in [0.3, 0.4) is 0 Å². The van der Waals surface area contributed by atoms with Gasteiger partial charge >= 0.3 is 36.5 Å². The van der Waals surface area contributed by atoms with Gasteiger partial charge < -0.3 is 142 Å². The Hall–Kier alpha value is -1.78. The van der Waals surface area contributed by atoms with Gasteiger partial charge in [-0.2, -0.15) is 0 Å². The zero-order chi connectivity index (χ0) is 42.4. The van der Waals surface area contributed by atoms with Gasteiger partial charge in [-0.15, -0.1) is 0 Å². The third-order valence-corrected chi connectivity index (χ3v) is 5.98. The molecule has 0 aromatic rings. The number of aliphatic hydroxyl groups excluding tert-OH is 20. The molecule has 0 spiro atoms. The summed E-state index contributed by atoms with van der Waals surface area (Å²) in [5.41, 5.74) is 0. The number of rotatable bonds is 20. The molecule has 0 amide bonds. The second-order valence-electron chi connectivity index (χ2n) is 9.98. The Morgan fingerprint density at radius 2 is 0.426 bits per heavy atom. The van der Waals surface area contributed by atoms with Crippen LogP contribution < -0.4 is 20.4 Å². The minimum Gasteiger partial charge on any atom is -0.547 e. The van der Waals surface area contributed by atoms with Gasteiger partial charge in [0.2, 0.25) is 0 Å². The van der Waals surface area contributed by atoms with Crippen LogP contribution in [0.5, 0.6) is 0 Å². The van der Waals surface area contributed by atoms with E-state index in [0.717, 1.165) is 0 Å². The monoisotopic (exact) mass is 907 g/mol. The van der Waals surface area contributed by atoms with E-state index in [1.807, 2.05) is 0 Å². The fourth-order valence-corrected chi connectivity index (χ4v) is 2.65. The maximum Gasteiger partial charge on any atom is 2.00 e. The largest absolute Gasteiger partial charge is 2.00 e. The van der Waals surface area contributed by atoms with Gasteiger partial charge in [0.1, 0.15) is 97.7 Å². The smallest absolute Gasteiger partial charge is 0.547 e. The van der Waals surface area contributed by atoms with Crippen molar-refractivity contribution in [1.29, 1.82) is 0 Å². The van der Waals surface area contributed by atoms with Crippen LogP contribution in [0, 0.1) is 0 Å². The van der Waals surface area contributed by atoms with Gasteiger partial charge in [0.15, 0.2) is 0 Å². The number of hydrogen-bond donors (Lipinski definition) is 20. The summed E-state index contributed by atoms with van der Waals surface area (Å²) in [5.74, 6) is -7.90. The van der Waals surface area contributed by atoms with Crippen LogP contribution in [0.2, 0.25) is 0 Å². The minimum atomic E-state index is -2.31. The molecule has 0 aromatic heterocycles. The molecule has 54 heavy (non-hydrogen) atoms. The van der Waals surface area contributed by atoms with Crippen molar-refractivity contribution in [2.45, 2.75) is 97.7 Å². The summed E-state index contributed by atoms with van der Waals surface area (Å²) in [6.45, 7) is -3.45. The van der Waals surface area contributed by atoms with Crippen molar-refractivity contribution < 1.29 is 178 Å². The predicted molar refractivity (Wildman–Crippen MR) is 144 cm³/mol. The van der Waals surface area contributed by atoms with Gasteiger partial charge in [-0.05, 0) is 0 Å². The van der Waals surface area contributed by atoms with E-state index in [2.05, 4.69) is 0 Å². The van der Waals surface area contributed by atoms with Crippen LogP contribution in [-0.4, -0.2) is 250 Å². The van der Waals surface area contributed by atoms with Gasteiger partial charge in [0.25, 0.3) is 0 Å². The zero-order valence-corrected chi connectivity index (χ0v) is 31.2. The maximum atomic E-state index is 9.98. The molecule has 0 saturated heterocycles. The molecule has 0 aliphatic rings. The topological polar surface area (TPSA) is 565 Å². The molecule has 0 heterocycles. The molecule has 0 aliphatic carbocycles. The molecule has 30 heteroatoms. The van der Waals surface area contributed by atoms with Crippen LogP contribution in [-0.2, 0) is 55.7 Å². The number of hydrogen-bond acceptors (Lipinski definition) is 28. The minimum absolute atomic E-state index is 0. The summed E-state index contributed by atoms with van der Waals surface area (Å²) in [7, 11) is 0. The quantitative estimate of drug-likeness (QED) is 0.0504. The second kappa shape index (κ2) is 33.4. The summed E-state index contributed by atoms with van der Waals surface area (Å²) in [4.78, 5) is 39.9. The second-order valence-corrected chi connectivity index (χ2v) is 9.98. The third kappa shape index (κ3) is 24.7. The standard InChI is InChI=1S/4C6H12O7.Cu.Zn/c4*7-1-2(8)3(9)4(10)5(11)6(12)13;;/h4*2-5,7-11H,1H2,(H,12,13);;/q;;;;2*+2/p-4. The third-order valence-electron chi connectivity index (χ3n) is 5.98. The number of carboxylic acid groups (broad SMARTS) is 4. The average molecular weight is 910 g/mol. The number of aliphatic carboxylic acids is 4. The van der Waals surface area contributed by atoms with Gasteiger partial charge in [-0.1, -0.05) is 0 Å². The van der Waals surface area contributed by atoms with Crippen molar-refractivity contribution in [3.63, 3.8) is 0 Å². The van der Waals surface area contributed by atoms with Gasteiger partial charge in [0, 0.05) is 0 Å². The SMILES string of the molecule is O=C([O-])C(O)C(O)C(O)C(O)CO.O=C([O-])C(O)C(O)C(O)C(O)CO.O=C([O-])C(O)C(O)C(O)C(O)CO.O=C([O-])C(O)C(O)C(O)C(O)CO.[Cu+2].[Zn+2]. The molecule has 0 aliphatic heterocycles. The fourth-order valence-electron chi connectivity index (χ4n) is 2.65. The van der Waals surface area contributed by atoms with E-state index in [-0.39, 0.29) is 36.5 Å². The molecule has 0 rings (SSSR count). The molecule has 0 fully saturated rings. The first-order valence-electron chi connectivity index (χ1n) is 13.8. The Morgan fingerprint density at radius 1 is 0.315 bits per heavy atom. The van der Waals surface area contributed by atoms with E-state index in [9.17, 15) is 39.6 Å². The zero-order valence-electron chi connectivity index (χ0n) is 27.3. The molecular formula is C24H44CuO28Zn. The fraction of sp³-hybridized carbons (Fsp3) is 0.833. The van der Waals surface area contributed by atoms with Crippen molar-refractivity contribution in [2.24, 2.45) is 0 Å². The molecule has 1 radical (unpaired) electrons. The normalized spacial score (nSPS) is 19.6. The molecule has 0 bridgehead atoms. The first kappa shape index (κ1) is 64.1. The first-order valence-corrected chi connectivity index (χ1v) is 13.8. The molecule has 28 nitrogen and oxygen atoms in total. The van der Waals surface area contributed by atoms with Gasteiger partial charge in [-0.3, -0.25) is 0 Å². The van der Waals surface area contributed by atoms with Crippen LogP contribution >= 0.6 is 0 Å². The van der Waals surface area contributed by atoms with Crippen LogP contribution in [0.15, 0.2) is 0 Å². The summed E-state index contributed by atoms with van der Waals surface area (Å²) < 4.78 is 0. The van der Waals surface area contributed by atoms with E-state index in [1.54, 1.807) is 0 Å². The molecule has 20 N–H and O–H groups in total. The van der Waals surface area contributed by atoms with Gasteiger partial charge in [-0.25, -0.2) is 0 Å². The Bertz CT molecular complexity index is 848. The van der Waals surface area contributed by atoms with E-state index < -0.39 is 148 Å². The van der Waals surface area contributed by atoms with Crippen molar-refractivity contribution in [2.75, 3.05) is 26.4 Å². The Labute approximate surface area is 325 Å². The first-order chi connectivity index (χ1) is 23.7. The van der Waals surface area contributed by atoms with Crippen molar-refractivity contribution >= 4 is 23.9 Å². The average Bonchev–Trinajstić information content (AvgIpc) is 3.12. The van der Waals surface area contributed by atoms with E-state index >= 15 is 0 Å². The van der Waals surface area contributed by atoms with Crippen LogP contribution in [0.25, 0.3) is 0 Å². The van der Waals surface area contributed by atoms with Crippen LogP contribution in [0.4, 0.5) is 0 Å². The molecule has 16 unspecified atom stereocenters. The van der Waals surface area contributed by atoms with Gasteiger partial charge in [0.05, 0.1) is 50.3 Å². The molecule has 0 aromatic carbocycles. The van der Waals surface area contributed by atoms with E-state index in [0.29, 0.717) is 0 Å². The summed E-state index contributed by atoms with van der Waals surface area (Å²) in [6.07, 6.45) is -32.3. The molecule has 16 atom stereocenters. The van der Waals surface area contributed by atoms with Crippen molar-refractivity contribution in [3.05, 3.63) is 0 Å². The maximum absolute atomic E-state index is 9.98. The molecular weight excluding hydrogens is 865 g/mol. The number of aliphatic hydroxyl groups is 20. The predicted octanol–water partition coefficient (Wildman–Crippen LogP) is -19.3. The van der Waals surface area contributed by atoms with Crippen molar-refractivity contribution in [3.8, 4) is 0 Å². The Morgan fingerprint density at radius 3 is 0.500 bits per heavy atom. The number of carboxylic acids is 4.